The molecule has 2 atom stereocenters. The van der Waals surface area contributed by atoms with Gasteiger partial charge in [0.05, 0.1) is 18.0 Å². The maximum absolute atomic E-state index is 13.5. The number of urea groups is 1. The molecule has 0 aliphatic carbocycles. The number of primary amides is 1. The number of amides is 3. The first kappa shape index (κ1) is 23.3. The average molecular weight is 542 g/mol. The number of carbonyl (C=O) groups is 3. The van der Waals surface area contributed by atoms with Crippen molar-refractivity contribution in [1.82, 2.24) is 19.8 Å². The van der Waals surface area contributed by atoms with Crippen LogP contribution >= 0.6 is 15.9 Å². The van der Waals surface area contributed by atoms with Crippen LogP contribution in [0.15, 0.2) is 41.3 Å². The zero-order valence-electron chi connectivity index (χ0n) is 19.1. The van der Waals surface area contributed by atoms with Crippen LogP contribution in [0.1, 0.15) is 47.8 Å². The van der Waals surface area contributed by atoms with Crippen LogP contribution in [0.25, 0.3) is 5.70 Å². The van der Waals surface area contributed by atoms with Crippen LogP contribution in [0.5, 0.6) is 5.75 Å². The molecule has 2 aromatic rings. The fourth-order valence-electron chi connectivity index (χ4n) is 5.05. The topological polar surface area (TPSA) is 128 Å². The van der Waals surface area contributed by atoms with E-state index in [-0.39, 0.29) is 11.6 Å². The second-order valence-corrected chi connectivity index (χ2v) is 9.85. The standard InChI is InChI=1S/C24H24BrN5O5/c1-24(35-21(32)16-11-15(25)10-14-5-9-34-20(14)16)6-2-3-8-29-19(31)12-18(17-4-7-27-13-28-17)30(22(24)29)23(26)33/h4,7,10-13,22H,2-3,5-6,8-9H2,1H3,(H2,26,33). The minimum atomic E-state index is -1.25. The number of aromatic nitrogens is 2. The van der Waals surface area contributed by atoms with E-state index in [1.54, 1.807) is 19.1 Å². The molecule has 0 saturated carbocycles. The van der Waals surface area contributed by atoms with Crippen molar-refractivity contribution in [3.63, 3.8) is 0 Å². The lowest BCUT2D eigenvalue weighted by Gasteiger charge is -2.48. The molecule has 3 aliphatic rings. The molecule has 3 aliphatic heterocycles. The number of fused-ring (bicyclic) bond motifs is 2. The highest BCUT2D eigenvalue weighted by molar-refractivity contribution is 9.10. The molecule has 35 heavy (non-hydrogen) atoms. The molecular formula is C24H24BrN5O5. The Hall–Kier alpha value is -3.47. The van der Waals surface area contributed by atoms with E-state index in [2.05, 4.69) is 25.9 Å². The number of benzene rings is 1. The molecule has 182 valence electrons. The van der Waals surface area contributed by atoms with Gasteiger partial charge in [-0.05, 0) is 49.9 Å². The maximum atomic E-state index is 13.5. The Labute approximate surface area is 210 Å². The molecular weight excluding hydrogens is 518 g/mol. The number of rotatable bonds is 3. The van der Waals surface area contributed by atoms with Crippen LogP contribution in [0.4, 0.5) is 4.79 Å². The lowest BCUT2D eigenvalue weighted by molar-refractivity contribution is -0.143. The molecule has 3 amide bonds. The predicted molar refractivity (Wildman–Crippen MR) is 128 cm³/mol. The van der Waals surface area contributed by atoms with Crippen LogP contribution < -0.4 is 10.5 Å². The summed E-state index contributed by atoms with van der Waals surface area (Å²) in [6.07, 6.45) is 5.72. The van der Waals surface area contributed by atoms with Gasteiger partial charge in [0.1, 0.15) is 23.2 Å². The third-order valence-electron chi connectivity index (χ3n) is 6.59. The molecule has 1 aromatic carbocycles. The van der Waals surface area contributed by atoms with Crippen molar-refractivity contribution in [2.45, 2.75) is 44.4 Å². The molecule has 1 fully saturated rings. The monoisotopic (exact) mass is 541 g/mol. The van der Waals surface area contributed by atoms with E-state index >= 15 is 0 Å². The number of esters is 1. The molecule has 5 rings (SSSR count). The SMILES string of the molecule is CC1(OC(=O)c2cc(Br)cc3c2OCC3)CCCCN2C(=O)C=C(c3ccncn3)N(C(N)=O)C21. The summed E-state index contributed by atoms with van der Waals surface area (Å²) in [7, 11) is 0. The predicted octanol–water partition coefficient (Wildman–Crippen LogP) is 2.86. The van der Waals surface area contributed by atoms with Crippen molar-refractivity contribution in [3.8, 4) is 5.75 Å². The van der Waals surface area contributed by atoms with Crippen LogP contribution in [-0.4, -0.2) is 62.6 Å². The number of carbonyl (C=O) groups excluding carboxylic acids is 3. The number of nitrogens with zero attached hydrogens (tertiary/aromatic N) is 4. The van der Waals surface area contributed by atoms with Crippen molar-refractivity contribution in [3.05, 3.63) is 58.1 Å². The Kier molecular flexibility index (Phi) is 5.96. The summed E-state index contributed by atoms with van der Waals surface area (Å²) in [6.45, 7) is 2.61. The van der Waals surface area contributed by atoms with Gasteiger partial charge in [-0.2, -0.15) is 0 Å². The zero-order chi connectivity index (χ0) is 24.7. The van der Waals surface area contributed by atoms with E-state index in [1.165, 1.54) is 28.4 Å². The van der Waals surface area contributed by atoms with Gasteiger partial charge in [0.25, 0.3) is 5.91 Å². The summed E-state index contributed by atoms with van der Waals surface area (Å²) in [6, 6.07) is 4.39. The minimum Gasteiger partial charge on any atom is -0.492 e. The van der Waals surface area contributed by atoms with Gasteiger partial charge in [-0.25, -0.2) is 19.6 Å². The molecule has 0 radical (unpaired) electrons. The summed E-state index contributed by atoms with van der Waals surface area (Å²) >= 11 is 3.46. The van der Waals surface area contributed by atoms with E-state index in [4.69, 9.17) is 15.2 Å². The van der Waals surface area contributed by atoms with Crippen LogP contribution in [0.2, 0.25) is 0 Å². The van der Waals surface area contributed by atoms with Crippen LogP contribution in [0, 0.1) is 0 Å². The highest BCUT2D eigenvalue weighted by Crippen LogP contribution is 2.41. The molecule has 10 nitrogen and oxygen atoms in total. The van der Waals surface area contributed by atoms with Crippen molar-refractivity contribution >= 4 is 39.5 Å². The van der Waals surface area contributed by atoms with Gasteiger partial charge in [0.15, 0.2) is 6.17 Å². The minimum absolute atomic E-state index is 0.238. The maximum Gasteiger partial charge on any atom is 0.342 e. The molecule has 0 spiro atoms. The van der Waals surface area contributed by atoms with Crippen molar-refractivity contribution in [2.75, 3.05) is 13.2 Å². The Morgan fingerprint density at radius 3 is 2.89 bits per heavy atom. The van der Waals surface area contributed by atoms with E-state index < -0.39 is 23.8 Å². The van der Waals surface area contributed by atoms with E-state index in [0.29, 0.717) is 55.8 Å². The fourth-order valence-corrected chi connectivity index (χ4v) is 5.56. The highest BCUT2D eigenvalue weighted by Gasteiger charge is 2.52. The number of halogens is 1. The third-order valence-corrected chi connectivity index (χ3v) is 7.04. The summed E-state index contributed by atoms with van der Waals surface area (Å²) in [5.74, 6) is -0.402. The first-order chi connectivity index (χ1) is 16.8. The highest BCUT2D eigenvalue weighted by atomic mass is 79.9. The summed E-state index contributed by atoms with van der Waals surface area (Å²) in [5.41, 5.74) is 6.41. The first-order valence-corrected chi connectivity index (χ1v) is 12.1. The molecule has 1 saturated heterocycles. The Morgan fingerprint density at radius 1 is 1.31 bits per heavy atom. The van der Waals surface area contributed by atoms with Crippen molar-refractivity contribution in [1.29, 1.82) is 0 Å². The summed E-state index contributed by atoms with van der Waals surface area (Å²) in [5, 5.41) is 0. The molecule has 0 bridgehead atoms. The van der Waals surface area contributed by atoms with Gasteiger partial charge in [0.2, 0.25) is 0 Å². The lowest BCUT2D eigenvalue weighted by atomic mass is 9.92. The molecule has 1 aromatic heterocycles. The van der Waals surface area contributed by atoms with Crippen LogP contribution in [-0.2, 0) is 16.0 Å². The van der Waals surface area contributed by atoms with Gasteiger partial charge in [0, 0.05) is 29.7 Å². The largest absolute Gasteiger partial charge is 0.492 e. The Balaban J connectivity index is 1.57. The lowest BCUT2D eigenvalue weighted by Crippen LogP contribution is -2.65. The molecule has 2 N–H and O–H groups in total. The second kappa shape index (κ2) is 8.95. The Morgan fingerprint density at radius 2 is 2.14 bits per heavy atom. The number of nitrogens with two attached hydrogens (primary N) is 1. The second-order valence-electron chi connectivity index (χ2n) is 8.94. The van der Waals surface area contributed by atoms with Crippen molar-refractivity contribution in [2.24, 2.45) is 5.73 Å². The molecule has 4 heterocycles. The van der Waals surface area contributed by atoms with Crippen molar-refractivity contribution < 1.29 is 23.9 Å². The van der Waals surface area contributed by atoms with Crippen LogP contribution in [0.3, 0.4) is 0 Å². The first-order valence-electron chi connectivity index (χ1n) is 11.3. The summed E-state index contributed by atoms with van der Waals surface area (Å²) < 4.78 is 12.6. The average Bonchev–Trinajstić information content (AvgIpc) is 3.23. The third kappa shape index (κ3) is 4.13. The van der Waals surface area contributed by atoms with E-state index in [1.807, 2.05) is 6.07 Å². The quantitative estimate of drug-likeness (QED) is 0.591. The Bertz CT molecular complexity index is 1240. The molecule has 11 heteroatoms. The van der Waals surface area contributed by atoms with Gasteiger partial charge in [-0.1, -0.05) is 15.9 Å². The molecule has 2 unspecified atom stereocenters. The summed E-state index contributed by atoms with van der Waals surface area (Å²) in [4.78, 5) is 50.5. The zero-order valence-corrected chi connectivity index (χ0v) is 20.7. The smallest absolute Gasteiger partial charge is 0.342 e. The van der Waals surface area contributed by atoms with Gasteiger partial charge >= 0.3 is 12.0 Å². The fraction of sp³-hybridized carbons (Fsp3) is 0.375. The van der Waals surface area contributed by atoms with Gasteiger partial charge < -0.3 is 20.1 Å². The van der Waals surface area contributed by atoms with E-state index in [0.717, 1.165) is 10.0 Å². The van der Waals surface area contributed by atoms with Gasteiger partial charge in [-0.3, -0.25) is 9.69 Å². The number of ether oxygens (including phenoxy) is 2. The normalized spacial score (nSPS) is 23.5. The van der Waals surface area contributed by atoms with Gasteiger partial charge in [-0.15, -0.1) is 0 Å². The number of hydrogen-bond acceptors (Lipinski definition) is 7. The van der Waals surface area contributed by atoms with E-state index in [9.17, 15) is 14.4 Å². The number of hydrogen-bond donors (Lipinski definition) is 1.